The highest BCUT2D eigenvalue weighted by Gasteiger charge is 2.36. The van der Waals surface area contributed by atoms with Crippen LogP contribution in [0.5, 0.6) is 17.2 Å². The molecule has 2 bridgehead atoms. The number of hydrogen-bond acceptors (Lipinski definition) is 5. The highest BCUT2D eigenvalue weighted by atomic mass is 16.7. The third-order valence-electron chi connectivity index (χ3n) is 5.54. The number of aromatic nitrogens is 1. The number of carbonyl (C=O) groups is 1. The van der Waals surface area contributed by atoms with Gasteiger partial charge >= 0.3 is 0 Å². The van der Waals surface area contributed by atoms with Gasteiger partial charge in [0.25, 0.3) is 11.5 Å². The highest BCUT2D eigenvalue weighted by molar-refractivity contribution is 5.78. The predicted octanol–water partition coefficient (Wildman–Crippen LogP) is 1.60. The molecule has 2 atom stereocenters. The standard InChI is InChI=1S/C20H20N2O5/c23-19-3-1-2-16-14-6-13(9-22(16)19)8-21(10-14)20(24)11-25-15-4-5-17-18(7-15)27-12-26-17/h1-5,7,13-14H,6,8-12H2/t13-,14+/m0/s1. The largest absolute Gasteiger partial charge is 0.484 e. The van der Waals surface area contributed by atoms with Crippen LogP contribution in [0.15, 0.2) is 41.2 Å². The molecule has 1 aromatic carbocycles. The van der Waals surface area contributed by atoms with Gasteiger partial charge in [0.05, 0.1) is 0 Å². The number of piperidine rings is 1. The second kappa shape index (κ2) is 6.33. The SMILES string of the molecule is O=C(COc1ccc2c(c1)OCO2)N1C[C@@H]2C[C@H](C1)c1cccc(=O)n1C2. The van der Waals surface area contributed by atoms with E-state index >= 15 is 0 Å². The normalized spacial score (nSPS) is 22.3. The van der Waals surface area contributed by atoms with Crippen LogP contribution < -0.4 is 19.8 Å². The number of hydrogen-bond donors (Lipinski definition) is 0. The van der Waals surface area contributed by atoms with Crippen molar-refractivity contribution in [3.05, 3.63) is 52.4 Å². The fourth-order valence-electron chi connectivity index (χ4n) is 4.30. The number of pyridine rings is 1. The molecule has 1 aromatic heterocycles. The third kappa shape index (κ3) is 2.93. The predicted molar refractivity (Wildman–Crippen MR) is 96.2 cm³/mol. The first-order valence-electron chi connectivity index (χ1n) is 9.17. The summed E-state index contributed by atoms with van der Waals surface area (Å²) in [6.07, 6.45) is 1.02. The van der Waals surface area contributed by atoms with E-state index in [1.807, 2.05) is 15.5 Å². The van der Waals surface area contributed by atoms with Gasteiger partial charge in [-0.05, 0) is 30.5 Å². The lowest BCUT2D eigenvalue weighted by Crippen LogP contribution is -2.50. The minimum absolute atomic E-state index is 0.0132. The number of benzene rings is 1. The number of amides is 1. The van der Waals surface area contributed by atoms with Gasteiger partial charge in [-0.2, -0.15) is 0 Å². The molecular formula is C20H20N2O5. The van der Waals surface area contributed by atoms with E-state index in [1.54, 1.807) is 30.3 Å². The Morgan fingerprint density at radius 3 is 2.93 bits per heavy atom. The zero-order valence-corrected chi connectivity index (χ0v) is 14.8. The van der Waals surface area contributed by atoms with Crippen molar-refractivity contribution in [2.75, 3.05) is 26.5 Å². The molecule has 3 aliphatic rings. The summed E-state index contributed by atoms with van der Waals surface area (Å²) in [6, 6.07) is 10.7. The minimum Gasteiger partial charge on any atom is -0.484 e. The summed E-state index contributed by atoms with van der Waals surface area (Å²) >= 11 is 0. The molecule has 3 aliphatic heterocycles. The Morgan fingerprint density at radius 2 is 2.00 bits per heavy atom. The second-order valence-electron chi connectivity index (χ2n) is 7.30. The molecule has 27 heavy (non-hydrogen) atoms. The van der Waals surface area contributed by atoms with Crippen molar-refractivity contribution < 1.29 is 19.0 Å². The number of rotatable bonds is 3. The van der Waals surface area contributed by atoms with E-state index in [2.05, 4.69) is 0 Å². The summed E-state index contributed by atoms with van der Waals surface area (Å²) in [4.78, 5) is 26.7. The zero-order valence-electron chi connectivity index (χ0n) is 14.8. The van der Waals surface area contributed by atoms with Crippen LogP contribution in [0.4, 0.5) is 0 Å². The molecule has 5 rings (SSSR count). The molecule has 0 unspecified atom stereocenters. The Morgan fingerprint density at radius 1 is 1.11 bits per heavy atom. The average molecular weight is 368 g/mol. The first kappa shape index (κ1) is 16.2. The van der Waals surface area contributed by atoms with Gasteiger partial charge in [-0.1, -0.05) is 6.07 Å². The van der Waals surface area contributed by atoms with Gasteiger partial charge < -0.3 is 23.7 Å². The quantitative estimate of drug-likeness (QED) is 0.823. The fraction of sp³-hybridized carbons (Fsp3) is 0.400. The second-order valence-corrected chi connectivity index (χ2v) is 7.30. The summed E-state index contributed by atoms with van der Waals surface area (Å²) < 4.78 is 18.1. The van der Waals surface area contributed by atoms with E-state index in [1.165, 1.54) is 0 Å². The topological polar surface area (TPSA) is 70.0 Å². The summed E-state index contributed by atoms with van der Waals surface area (Å²) in [5, 5.41) is 0. The number of carbonyl (C=O) groups excluding carboxylic acids is 1. The molecule has 7 nitrogen and oxygen atoms in total. The molecular weight excluding hydrogens is 348 g/mol. The molecule has 7 heteroatoms. The van der Waals surface area contributed by atoms with Gasteiger partial charge in [-0.3, -0.25) is 9.59 Å². The van der Waals surface area contributed by atoms with E-state index < -0.39 is 0 Å². The van der Waals surface area contributed by atoms with E-state index in [4.69, 9.17) is 14.2 Å². The van der Waals surface area contributed by atoms with Crippen LogP contribution in [0.3, 0.4) is 0 Å². The van der Waals surface area contributed by atoms with Gasteiger partial charge in [0, 0.05) is 43.4 Å². The zero-order chi connectivity index (χ0) is 18.4. The van der Waals surface area contributed by atoms with E-state index in [-0.39, 0.29) is 30.8 Å². The van der Waals surface area contributed by atoms with Crippen molar-refractivity contribution in [2.24, 2.45) is 5.92 Å². The molecule has 1 fully saturated rings. The lowest BCUT2D eigenvalue weighted by Gasteiger charge is -2.42. The molecule has 4 heterocycles. The van der Waals surface area contributed by atoms with Crippen LogP contribution in [0.1, 0.15) is 18.0 Å². The Balaban J connectivity index is 1.26. The lowest BCUT2D eigenvalue weighted by atomic mass is 9.83. The van der Waals surface area contributed by atoms with E-state index in [0.717, 1.165) is 12.1 Å². The van der Waals surface area contributed by atoms with Crippen LogP contribution in [-0.2, 0) is 11.3 Å². The van der Waals surface area contributed by atoms with Gasteiger partial charge in [-0.15, -0.1) is 0 Å². The Kier molecular flexibility index (Phi) is 3.81. The van der Waals surface area contributed by atoms with Crippen molar-refractivity contribution in [1.82, 2.24) is 9.47 Å². The first-order chi connectivity index (χ1) is 13.2. The molecule has 2 aromatic rings. The van der Waals surface area contributed by atoms with Gasteiger partial charge in [0.1, 0.15) is 5.75 Å². The lowest BCUT2D eigenvalue weighted by molar-refractivity contribution is -0.136. The van der Waals surface area contributed by atoms with Crippen molar-refractivity contribution in [1.29, 1.82) is 0 Å². The fourth-order valence-corrected chi connectivity index (χ4v) is 4.30. The molecule has 0 spiro atoms. The van der Waals surface area contributed by atoms with E-state index in [0.29, 0.717) is 42.8 Å². The summed E-state index contributed by atoms with van der Waals surface area (Å²) in [6.45, 7) is 2.17. The molecule has 0 radical (unpaired) electrons. The molecule has 0 aliphatic carbocycles. The molecule has 1 saturated heterocycles. The van der Waals surface area contributed by atoms with Crippen molar-refractivity contribution in [2.45, 2.75) is 18.9 Å². The third-order valence-corrected chi connectivity index (χ3v) is 5.54. The number of likely N-dealkylation sites (tertiary alicyclic amines) is 1. The number of ether oxygens (including phenoxy) is 3. The highest BCUT2D eigenvalue weighted by Crippen LogP contribution is 2.36. The maximum atomic E-state index is 12.7. The smallest absolute Gasteiger partial charge is 0.260 e. The van der Waals surface area contributed by atoms with Gasteiger partial charge in [0.2, 0.25) is 6.79 Å². The van der Waals surface area contributed by atoms with Crippen molar-refractivity contribution >= 4 is 5.91 Å². The van der Waals surface area contributed by atoms with Crippen LogP contribution >= 0.6 is 0 Å². The minimum atomic E-state index is -0.0332. The van der Waals surface area contributed by atoms with E-state index in [9.17, 15) is 9.59 Å². The summed E-state index contributed by atoms with van der Waals surface area (Å²) in [7, 11) is 0. The van der Waals surface area contributed by atoms with Crippen LogP contribution in [0.2, 0.25) is 0 Å². The Labute approximate surface area is 156 Å². The van der Waals surface area contributed by atoms with Crippen molar-refractivity contribution in [3.63, 3.8) is 0 Å². The van der Waals surface area contributed by atoms with Crippen LogP contribution in [0, 0.1) is 5.92 Å². The Bertz CT molecular complexity index is 954. The molecule has 140 valence electrons. The van der Waals surface area contributed by atoms with Crippen LogP contribution in [-0.4, -0.2) is 41.9 Å². The van der Waals surface area contributed by atoms with Crippen LogP contribution in [0.25, 0.3) is 0 Å². The maximum Gasteiger partial charge on any atom is 0.260 e. The number of fused-ring (bicyclic) bond motifs is 5. The summed E-state index contributed by atoms with van der Waals surface area (Å²) in [5.74, 6) is 2.39. The van der Waals surface area contributed by atoms with Gasteiger partial charge in [-0.25, -0.2) is 0 Å². The first-order valence-corrected chi connectivity index (χ1v) is 9.17. The molecule has 1 amide bonds. The van der Waals surface area contributed by atoms with Gasteiger partial charge in [0.15, 0.2) is 18.1 Å². The Hall–Kier alpha value is -2.96. The van der Waals surface area contributed by atoms with Crippen molar-refractivity contribution in [3.8, 4) is 17.2 Å². The summed E-state index contributed by atoms with van der Waals surface area (Å²) in [5.41, 5.74) is 1.08. The average Bonchev–Trinajstić information content (AvgIpc) is 3.14. The monoisotopic (exact) mass is 368 g/mol. The molecule has 0 N–H and O–H groups in total. The number of nitrogens with zero attached hydrogens (tertiary/aromatic N) is 2. The molecule has 0 saturated carbocycles. The maximum absolute atomic E-state index is 12.7.